The standard InChI is InChI=1S/C19H26N2O3S/c22-19(14-17-13-15-6-7-16(17)12-15)20-8-10-21(11-9-20)25(23,24)18-4-2-1-3-5-18/h1-5,15-17H,6-14H2/t15-,16-,17-/m1/s1. The molecule has 0 aromatic heterocycles. The zero-order valence-corrected chi connectivity index (χ0v) is 15.3. The van der Waals surface area contributed by atoms with Crippen LogP contribution in [-0.2, 0) is 14.8 Å². The van der Waals surface area contributed by atoms with Crippen LogP contribution in [0.15, 0.2) is 35.2 Å². The summed E-state index contributed by atoms with van der Waals surface area (Å²) in [7, 11) is -3.45. The third-order valence-electron chi connectivity index (χ3n) is 6.29. The number of benzene rings is 1. The average Bonchev–Trinajstić information content (AvgIpc) is 3.25. The molecule has 4 rings (SSSR count). The van der Waals surface area contributed by atoms with E-state index in [1.54, 1.807) is 24.3 Å². The van der Waals surface area contributed by atoms with E-state index in [9.17, 15) is 13.2 Å². The maximum atomic E-state index is 12.7. The summed E-state index contributed by atoms with van der Waals surface area (Å²) in [4.78, 5) is 14.8. The first-order valence-electron chi connectivity index (χ1n) is 9.37. The number of hydrogen-bond acceptors (Lipinski definition) is 3. The van der Waals surface area contributed by atoms with E-state index < -0.39 is 10.0 Å². The fraction of sp³-hybridized carbons (Fsp3) is 0.632. The second-order valence-electron chi connectivity index (χ2n) is 7.74. The highest BCUT2D eigenvalue weighted by atomic mass is 32.2. The molecule has 2 saturated carbocycles. The Balaban J connectivity index is 1.33. The van der Waals surface area contributed by atoms with Crippen molar-refractivity contribution in [1.29, 1.82) is 0 Å². The monoisotopic (exact) mass is 362 g/mol. The minimum Gasteiger partial charge on any atom is -0.340 e. The van der Waals surface area contributed by atoms with Gasteiger partial charge in [-0.05, 0) is 49.1 Å². The molecule has 1 heterocycles. The molecule has 3 aliphatic rings. The highest BCUT2D eigenvalue weighted by molar-refractivity contribution is 7.89. The molecule has 1 saturated heterocycles. The van der Waals surface area contributed by atoms with E-state index in [4.69, 9.17) is 0 Å². The molecule has 2 bridgehead atoms. The van der Waals surface area contributed by atoms with E-state index >= 15 is 0 Å². The zero-order valence-electron chi connectivity index (χ0n) is 14.5. The van der Waals surface area contributed by atoms with Gasteiger partial charge >= 0.3 is 0 Å². The number of hydrogen-bond donors (Lipinski definition) is 0. The number of fused-ring (bicyclic) bond motifs is 2. The van der Waals surface area contributed by atoms with Gasteiger partial charge in [-0.2, -0.15) is 4.31 Å². The number of rotatable bonds is 4. The molecule has 0 spiro atoms. The van der Waals surface area contributed by atoms with Crippen LogP contribution in [0.3, 0.4) is 0 Å². The summed E-state index contributed by atoms with van der Waals surface area (Å²) >= 11 is 0. The average molecular weight is 362 g/mol. The van der Waals surface area contributed by atoms with Crippen LogP contribution in [0, 0.1) is 17.8 Å². The number of carbonyl (C=O) groups is 1. The molecular weight excluding hydrogens is 336 g/mol. The molecule has 1 amide bonds. The van der Waals surface area contributed by atoms with E-state index in [2.05, 4.69) is 0 Å². The first kappa shape index (κ1) is 17.0. The van der Waals surface area contributed by atoms with Crippen molar-refractivity contribution in [2.24, 2.45) is 17.8 Å². The smallest absolute Gasteiger partial charge is 0.243 e. The van der Waals surface area contributed by atoms with E-state index in [0.717, 1.165) is 11.8 Å². The van der Waals surface area contributed by atoms with Gasteiger partial charge in [0.1, 0.15) is 0 Å². The van der Waals surface area contributed by atoms with Crippen LogP contribution in [0.4, 0.5) is 0 Å². The van der Waals surface area contributed by atoms with Crippen molar-refractivity contribution in [2.45, 2.75) is 37.0 Å². The summed E-state index contributed by atoms with van der Waals surface area (Å²) in [6.45, 7) is 1.79. The fourth-order valence-electron chi connectivity index (χ4n) is 4.90. The normalized spacial score (nSPS) is 29.9. The minimum absolute atomic E-state index is 0.217. The molecule has 3 fully saturated rings. The van der Waals surface area contributed by atoms with Gasteiger partial charge in [0.2, 0.25) is 15.9 Å². The van der Waals surface area contributed by atoms with Gasteiger partial charge in [-0.1, -0.05) is 24.6 Å². The predicted molar refractivity (Wildman–Crippen MR) is 95.3 cm³/mol. The van der Waals surface area contributed by atoms with Crippen molar-refractivity contribution in [1.82, 2.24) is 9.21 Å². The van der Waals surface area contributed by atoms with Gasteiger partial charge in [-0.15, -0.1) is 0 Å². The van der Waals surface area contributed by atoms with Crippen molar-refractivity contribution in [3.05, 3.63) is 30.3 Å². The Labute approximate surface area is 150 Å². The maximum Gasteiger partial charge on any atom is 0.243 e. The molecule has 6 heteroatoms. The van der Waals surface area contributed by atoms with Crippen LogP contribution in [-0.4, -0.2) is 49.7 Å². The molecule has 1 aromatic rings. The van der Waals surface area contributed by atoms with E-state index in [1.165, 1.54) is 30.0 Å². The quantitative estimate of drug-likeness (QED) is 0.826. The Morgan fingerprint density at radius 1 is 1.00 bits per heavy atom. The summed E-state index contributed by atoms with van der Waals surface area (Å²) in [6, 6.07) is 8.54. The van der Waals surface area contributed by atoms with Gasteiger partial charge in [0.05, 0.1) is 4.90 Å². The Morgan fingerprint density at radius 2 is 1.72 bits per heavy atom. The van der Waals surface area contributed by atoms with Crippen LogP contribution in [0.1, 0.15) is 32.1 Å². The number of nitrogens with zero attached hydrogens (tertiary/aromatic N) is 2. The minimum atomic E-state index is -3.45. The molecule has 136 valence electrons. The molecule has 0 N–H and O–H groups in total. The third-order valence-corrected chi connectivity index (χ3v) is 8.21. The molecule has 1 aliphatic heterocycles. The first-order valence-corrected chi connectivity index (χ1v) is 10.8. The lowest BCUT2D eigenvalue weighted by Crippen LogP contribution is -2.50. The Morgan fingerprint density at radius 3 is 2.32 bits per heavy atom. The number of amides is 1. The zero-order chi connectivity index (χ0) is 17.4. The van der Waals surface area contributed by atoms with E-state index in [-0.39, 0.29) is 5.91 Å². The molecule has 2 aliphatic carbocycles. The predicted octanol–water partition coefficient (Wildman–Crippen LogP) is 2.35. The van der Waals surface area contributed by atoms with Crippen molar-refractivity contribution in [3.63, 3.8) is 0 Å². The molecule has 25 heavy (non-hydrogen) atoms. The second kappa shape index (κ2) is 6.72. The second-order valence-corrected chi connectivity index (χ2v) is 9.67. The van der Waals surface area contributed by atoms with Crippen molar-refractivity contribution >= 4 is 15.9 Å². The lowest BCUT2D eigenvalue weighted by molar-refractivity contribution is -0.133. The Hall–Kier alpha value is -1.40. The number of sulfonamides is 1. The molecule has 5 nitrogen and oxygen atoms in total. The molecule has 3 atom stereocenters. The highest BCUT2D eigenvalue weighted by Crippen LogP contribution is 2.49. The van der Waals surface area contributed by atoms with Crippen LogP contribution >= 0.6 is 0 Å². The fourth-order valence-corrected chi connectivity index (χ4v) is 6.34. The maximum absolute atomic E-state index is 12.7. The highest BCUT2D eigenvalue weighted by Gasteiger charge is 2.41. The van der Waals surface area contributed by atoms with Gasteiger partial charge in [0, 0.05) is 32.6 Å². The van der Waals surface area contributed by atoms with Crippen LogP contribution in [0.2, 0.25) is 0 Å². The van der Waals surface area contributed by atoms with Crippen molar-refractivity contribution in [3.8, 4) is 0 Å². The molecule has 0 radical (unpaired) electrons. The SMILES string of the molecule is O=C(C[C@H]1C[C@@H]2CC[C@@H]1C2)N1CCN(S(=O)(=O)c2ccccc2)CC1. The number of carbonyl (C=O) groups excluding carboxylic acids is 1. The Kier molecular flexibility index (Phi) is 4.58. The molecule has 1 aromatic carbocycles. The van der Waals surface area contributed by atoms with Gasteiger partial charge < -0.3 is 4.90 Å². The summed E-state index contributed by atoms with van der Waals surface area (Å²) in [5.74, 6) is 2.40. The largest absolute Gasteiger partial charge is 0.340 e. The summed E-state index contributed by atoms with van der Waals surface area (Å²) in [5.41, 5.74) is 0. The van der Waals surface area contributed by atoms with E-state index in [1.807, 2.05) is 11.0 Å². The third kappa shape index (κ3) is 3.34. The van der Waals surface area contributed by atoms with Gasteiger partial charge in [0.15, 0.2) is 0 Å². The van der Waals surface area contributed by atoms with Crippen LogP contribution in [0.5, 0.6) is 0 Å². The van der Waals surface area contributed by atoms with E-state index in [0.29, 0.717) is 43.4 Å². The lowest BCUT2D eigenvalue weighted by atomic mass is 9.86. The summed E-state index contributed by atoms with van der Waals surface area (Å²) in [5, 5.41) is 0. The van der Waals surface area contributed by atoms with Crippen LogP contribution < -0.4 is 0 Å². The van der Waals surface area contributed by atoms with Crippen LogP contribution in [0.25, 0.3) is 0 Å². The summed E-state index contributed by atoms with van der Waals surface area (Å²) < 4.78 is 26.8. The molecule has 0 unspecified atom stereocenters. The van der Waals surface area contributed by atoms with Gasteiger partial charge in [0.25, 0.3) is 0 Å². The first-order chi connectivity index (χ1) is 12.0. The summed E-state index contributed by atoms with van der Waals surface area (Å²) in [6.07, 6.45) is 5.85. The van der Waals surface area contributed by atoms with Gasteiger partial charge in [-0.3, -0.25) is 4.79 Å². The number of piperazine rings is 1. The van der Waals surface area contributed by atoms with Crippen molar-refractivity contribution in [2.75, 3.05) is 26.2 Å². The topological polar surface area (TPSA) is 57.7 Å². The molecular formula is C19H26N2O3S. The lowest BCUT2D eigenvalue weighted by Gasteiger charge is -2.35. The van der Waals surface area contributed by atoms with Gasteiger partial charge in [-0.25, -0.2) is 8.42 Å². The Bertz CT molecular complexity index is 726. The van der Waals surface area contributed by atoms with Crippen molar-refractivity contribution < 1.29 is 13.2 Å².